The molecular weight excluding hydrogens is 340 g/mol. The Hall–Kier alpha value is -2.16. The zero-order valence-electron chi connectivity index (χ0n) is 11.9. The van der Waals surface area contributed by atoms with Gasteiger partial charge in [-0.25, -0.2) is 13.2 Å². The van der Waals surface area contributed by atoms with Crippen LogP contribution in [0.2, 0.25) is 0 Å². The Morgan fingerprint density at radius 1 is 1.17 bits per heavy atom. The number of nitrogens with zero attached hydrogens (tertiary/aromatic N) is 1. The molecule has 1 aliphatic rings. The standard InChI is InChI=1S/C15H11F6NO2/c16-7-3-8(5-9(23)4-7)22-6-10(15(19,20)21)12-11(22)1-2-14(17,18)13(12)24/h3-6,13,23-24H,1-2H2. The highest BCUT2D eigenvalue weighted by Gasteiger charge is 2.50. The van der Waals surface area contributed by atoms with Crippen molar-refractivity contribution < 1.29 is 36.6 Å². The van der Waals surface area contributed by atoms with Crippen LogP contribution in [0.15, 0.2) is 24.4 Å². The van der Waals surface area contributed by atoms with Gasteiger partial charge in [0.1, 0.15) is 17.7 Å². The molecule has 0 saturated carbocycles. The predicted molar refractivity (Wildman–Crippen MR) is 70.6 cm³/mol. The van der Waals surface area contributed by atoms with Gasteiger partial charge in [0, 0.05) is 36.0 Å². The van der Waals surface area contributed by atoms with Gasteiger partial charge in [0.2, 0.25) is 0 Å². The fourth-order valence-corrected chi connectivity index (χ4v) is 2.91. The number of phenols is 1. The van der Waals surface area contributed by atoms with Crippen molar-refractivity contribution in [2.24, 2.45) is 0 Å². The zero-order valence-corrected chi connectivity index (χ0v) is 11.9. The highest BCUT2D eigenvalue weighted by atomic mass is 19.4. The van der Waals surface area contributed by atoms with Crippen LogP contribution in [0.25, 0.3) is 5.69 Å². The summed E-state index contributed by atoms with van der Waals surface area (Å²) in [6, 6.07) is 2.62. The largest absolute Gasteiger partial charge is 0.508 e. The number of hydrogen-bond acceptors (Lipinski definition) is 2. The molecule has 1 heterocycles. The number of fused-ring (bicyclic) bond motifs is 1. The van der Waals surface area contributed by atoms with Crippen LogP contribution in [-0.4, -0.2) is 20.7 Å². The quantitative estimate of drug-likeness (QED) is 0.764. The molecule has 1 unspecified atom stereocenters. The van der Waals surface area contributed by atoms with E-state index in [1.807, 2.05) is 0 Å². The Bertz CT molecular complexity index is 776. The molecule has 3 nitrogen and oxygen atoms in total. The Labute approximate surface area is 131 Å². The molecule has 0 aliphatic heterocycles. The van der Waals surface area contributed by atoms with Gasteiger partial charge >= 0.3 is 6.18 Å². The zero-order chi connectivity index (χ0) is 17.9. The topological polar surface area (TPSA) is 45.4 Å². The van der Waals surface area contributed by atoms with Crippen LogP contribution in [0.4, 0.5) is 26.3 Å². The number of alkyl halides is 5. The van der Waals surface area contributed by atoms with Crippen molar-refractivity contribution in [1.29, 1.82) is 0 Å². The maximum atomic E-state index is 13.7. The lowest BCUT2D eigenvalue weighted by Gasteiger charge is -2.29. The van der Waals surface area contributed by atoms with Gasteiger partial charge in [-0.1, -0.05) is 0 Å². The maximum absolute atomic E-state index is 13.7. The monoisotopic (exact) mass is 351 g/mol. The van der Waals surface area contributed by atoms with Crippen LogP contribution in [0.5, 0.6) is 5.75 Å². The van der Waals surface area contributed by atoms with E-state index < -0.39 is 53.7 Å². The summed E-state index contributed by atoms with van der Waals surface area (Å²) in [5.74, 6) is -5.12. The Morgan fingerprint density at radius 3 is 2.42 bits per heavy atom. The van der Waals surface area contributed by atoms with Gasteiger partial charge < -0.3 is 14.8 Å². The Morgan fingerprint density at radius 2 is 1.83 bits per heavy atom. The third kappa shape index (κ3) is 2.62. The number of phenolic OH excluding ortho intramolecular Hbond substituents is 1. The fraction of sp³-hybridized carbons (Fsp3) is 0.333. The van der Waals surface area contributed by atoms with Crippen LogP contribution in [-0.2, 0) is 12.6 Å². The molecule has 130 valence electrons. The fourth-order valence-electron chi connectivity index (χ4n) is 2.91. The molecule has 0 fully saturated rings. The number of aromatic hydroxyl groups is 1. The maximum Gasteiger partial charge on any atom is 0.418 e. The molecule has 0 radical (unpaired) electrons. The summed E-state index contributed by atoms with van der Waals surface area (Å²) in [5, 5.41) is 19.1. The van der Waals surface area contributed by atoms with E-state index in [1.165, 1.54) is 0 Å². The molecule has 0 saturated heterocycles. The molecule has 9 heteroatoms. The van der Waals surface area contributed by atoms with Crippen LogP contribution < -0.4 is 0 Å². The second kappa shape index (κ2) is 5.17. The average Bonchev–Trinajstić information content (AvgIpc) is 2.82. The molecular formula is C15H11F6NO2. The van der Waals surface area contributed by atoms with Crippen molar-refractivity contribution in [1.82, 2.24) is 4.57 Å². The smallest absolute Gasteiger partial charge is 0.418 e. The first-order chi connectivity index (χ1) is 11.0. The Balaban J connectivity index is 2.27. The SMILES string of the molecule is Oc1cc(F)cc(-n2cc(C(F)(F)F)c3c2CCC(F)(F)C3O)c1. The first-order valence-corrected chi connectivity index (χ1v) is 6.88. The molecule has 1 atom stereocenters. The number of halogens is 6. The van der Waals surface area contributed by atoms with Gasteiger partial charge in [0.25, 0.3) is 5.92 Å². The third-order valence-corrected chi connectivity index (χ3v) is 3.97. The summed E-state index contributed by atoms with van der Waals surface area (Å²) in [4.78, 5) is 0. The second-order valence-electron chi connectivity index (χ2n) is 5.60. The third-order valence-electron chi connectivity index (χ3n) is 3.97. The minimum absolute atomic E-state index is 0.156. The first-order valence-electron chi connectivity index (χ1n) is 6.88. The highest BCUT2D eigenvalue weighted by Crippen LogP contribution is 2.48. The van der Waals surface area contributed by atoms with E-state index in [-0.39, 0.29) is 11.4 Å². The van der Waals surface area contributed by atoms with E-state index in [0.717, 1.165) is 22.8 Å². The summed E-state index contributed by atoms with van der Waals surface area (Å²) >= 11 is 0. The number of rotatable bonds is 1. The summed E-state index contributed by atoms with van der Waals surface area (Å²) in [6.07, 6.45) is -8.33. The summed E-state index contributed by atoms with van der Waals surface area (Å²) in [5.41, 5.74) is -2.67. The molecule has 1 aromatic heterocycles. The van der Waals surface area contributed by atoms with E-state index in [4.69, 9.17) is 0 Å². The van der Waals surface area contributed by atoms with E-state index in [1.54, 1.807) is 0 Å². The van der Waals surface area contributed by atoms with Crippen LogP contribution >= 0.6 is 0 Å². The van der Waals surface area contributed by atoms with Gasteiger partial charge in [-0.15, -0.1) is 0 Å². The van der Waals surface area contributed by atoms with E-state index in [9.17, 15) is 36.6 Å². The van der Waals surface area contributed by atoms with Gasteiger partial charge in [0.05, 0.1) is 11.3 Å². The van der Waals surface area contributed by atoms with E-state index >= 15 is 0 Å². The summed E-state index contributed by atoms with van der Waals surface area (Å²) in [7, 11) is 0. The number of benzene rings is 1. The van der Waals surface area contributed by atoms with Crippen molar-refractivity contribution in [3.63, 3.8) is 0 Å². The molecule has 1 aliphatic carbocycles. The Kier molecular flexibility index (Phi) is 3.59. The van der Waals surface area contributed by atoms with E-state index in [0.29, 0.717) is 6.20 Å². The number of hydrogen-bond donors (Lipinski definition) is 2. The normalized spacial score (nSPS) is 20.0. The lowest BCUT2D eigenvalue weighted by molar-refractivity contribution is -0.147. The molecule has 1 aromatic carbocycles. The molecule has 0 spiro atoms. The molecule has 24 heavy (non-hydrogen) atoms. The van der Waals surface area contributed by atoms with Gasteiger partial charge in [-0.2, -0.15) is 13.2 Å². The van der Waals surface area contributed by atoms with Gasteiger partial charge in [0.15, 0.2) is 0 Å². The number of aliphatic hydroxyl groups is 1. The van der Waals surface area contributed by atoms with Crippen molar-refractivity contribution in [3.8, 4) is 11.4 Å². The molecule has 2 N–H and O–H groups in total. The molecule has 3 rings (SSSR count). The van der Waals surface area contributed by atoms with Gasteiger partial charge in [-0.05, 0) is 12.5 Å². The van der Waals surface area contributed by atoms with Crippen LogP contribution in [0.3, 0.4) is 0 Å². The van der Waals surface area contributed by atoms with Crippen LogP contribution in [0, 0.1) is 5.82 Å². The lowest BCUT2D eigenvalue weighted by atomic mass is 9.89. The predicted octanol–water partition coefficient (Wildman–Crippen LogP) is 3.96. The van der Waals surface area contributed by atoms with Crippen molar-refractivity contribution in [2.45, 2.75) is 31.0 Å². The minimum Gasteiger partial charge on any atom is -0.508 e. The van der Waals surface area contributed by atoms with Crippen LogP contribution in [0.1, 0.15) is 29.3 Å². The summed E-state index contributed by atoms with van der Waals surface area (Å²) < 4.78 is 81.2. The molecule has 0 bridgehead atoms. The van der Waals surface area contributed by atoms with E-state index in [2.05, 4.69) is 0 Å². The van der Waals surface area contributed by atoms with Crippen molar-refractivity contribution >= 4 is 0 Å². The highest BCUT2D eigenvalue weighted by molar-refractivity contribution is 5.48. The summed E-state index contributed by atoms with van der Waals surface area (Å²) in [6.45, 7) is 0. The second-order valence-corrected chi connectivity index (χ2v) is 5.60. The van der Waals surface area contributed by atoms with Crippen molar-refractivity contribution in [3.05, 3.63) is 47.0 Å². The van der Waals surface area contributed by atoms with Gasteiger partial charge in [-0.3, -0.25) is 0 Å². The minimum atomic E-state index is -4.97. The first kappa shape index (κ1) is 16.7. The average molecular weight is 351 g/mol. The molecule has 2 aromatic rings. The number of aliphatic hydroxyl groups excluding tert-OH is 1. The number of aromatic nitrogens is 1. The van der Waals surface area contributed by atoms with Crippen molar-refractivity contribution in [2.75, 3.05) is 0 Å². The molecule has 0 amide bonds. The lowest BCUT2D eigenvalue weighted by Crippen LogP contribution is -2.33.